The van der Waals surface area contributed by atoms with E-state index in [1.54, 1.807) is 6.20 Å². The van der Waals surface area contributed by atoms with E-state index in [-0.39, 0.29) is 6.61 Å². The van der Waals surface area contributed by atoms with Gasteiger partial charge in [-0.15, -0.1) is 0 Å². The fourth-order valence-electron chi connectivity index (χ4n) is 1.60. The van der Waals surface area contributed by atoms with E-state index < -0.39 is 12.8 Å². The van der Waals surface area contributed by atoms with Crippen molar-refractivity contribution >= 4 is 0 Å². The topological polar surface area (TPSA) is 47.0 Å². The van der Waals surface area contributed by atoms with Crippen molar-refractivity contribution in [2.75, 3.05) is 13.2 Å². The maximum Gasteiger partial charge on any atom is 0.411 e. The lowest BCUT2D eigenvalue weighted by molar-refractivity contribution is -0.177. The van der Waals surface area contributed by atoms with Gasteiger partial charge in [0.1, 0.15) is 13.2 Å². The Morgan fingerprint density at radius 2 is 2.24 bits per heavy atom. The number of hydrogen-bond donors (Lipinski definition) is 1. The van der Waals surface area contributed by atoms with Gasteiger partial charge in [-0.2, -0.15) is 13.2 Å². The van der Waals surface area contributed by atoms with Crippen molar-refractivity contribution in [2.24, 2.45) is 0 Å². The quantitative estimate of drug-likeness (QED) is 0.871. The molecule has 1 aromatic rings. The maximum absolute atomic E-state index is 11.9. The van der Waals surface area contributed by atoms with Crippen molar-refractivity contribution in [1.29, 1.82) is 0 Å². The Labute approximate surface area is 96.2 Å². The second-order valence-corrected chi connectivity index (χ2v) is 3.79. The number of hydrogen-bond acceptors (Lipinski definition) is 4. The molecule has 0 saturated heterocycles. The number of nitrogens with zero attached hydrogens (tertiary/aromatic N) is 2. The molecular weight excluding hydrogens is 235 g/mol. The van der Waals surface area contributed by atoms with Crippen molar-refractivity contribution in [3.63, 3.8) is 0 Å². The molecular formula is C10H12F3N3O. The average molecular weight is 247 g/mol. The summed E-state index contributed by atoms with van der Waals surface area (Å²) in [7, 11) is 0. The SMILES string of the molecule is FC(F)(F)COCc1ncc2c(n1)CCNC2. The highest BCUT2D eigenvalue weighted by Crippen LogP contribution is 2.15. The monoisotopic (exact) mass is 247 g/mol. The third-order valence-corrected chi connectivity index (χ3v) is 2.36. The third kappa shape index (κ3) is 3.64. The van der Waals surface area contributed by atoms with Gasteiger partial charge in [0.2, 0.25) is 0 Å². The summed E-state index contributed by atoms with van der Waals surface area (Å²) in [4.78, 5) is 8.16. The van der Waals surface area contributed by atoms with E-state index in [0.29, 0.717) is 12.4 Å². The number of rotatable bonds is 3. The average Bonchev–Trinajstić information content (AvgIpc) is 2.27. The van der Waals surface area contributed by atoms with Crippen LogP contribution in [0.2, 0.25) is 0 Å². The molecule has 0 aromatic carbocycles. The zero-order valence-electron chi connectivity index (χ0n) is 9.05. The second kappa shape index (κ2) is 4.97. The lowest BCUT2D eigenvalue weighted by Gasteiger charge is -2.16. The predicted octanol–water partition coefficient (Wildman–Crippen LogP) is 1.20. The second-order valence-electron chi connectivity index (χ2n) is 3.79. The zero-order valence-corrected chi connectivity index (χ0v) is 9.05. The first-order valence-corrected chi connectivity index (χ1v) is 5.23. The molecule has 1 aliphatic heterocycles. The molecule has 0 radical (unpaired) electrons. The van der Waals surface area contributed by atoms with E-state index in [1.165, 1.54) is 0 Å². The first-order chi connectivity index (χ1) is 8.04. The van der Waals surface area contributed by atoms with Gasteiger partial charge in [0, 0.05) is 37.0 Å². The number of aromatic nitrogens is 2. The van der Waals surface area contributed by atoms with Crippen molar-refractivity contribution in [1.82, 2.24) is 15.3 Å². The maximum atomic E-state index is 11.9. The summed E-state index contributed by atoms with van der Waals surface area (Å²) < 4.78 is 40.1. The van der Waals surface area contributed by atoms with Gasteiger partial charge in [-0.05, 0) is 0 Å². The molecule has 0 unspecified atom stereocenters. The van der Waals surface area contributed by atoms with Gasteiger partial charge < -0.3 is 10.1 Å². The molecule has 2 rings (SSSR count). The number of halogens is 3. The standard InChI is InChI=1S/C10H12F3N3O/c11-10(12,13)6-17-5-9-15-4-7-3-14-2-1-8(7)16-9/h4,14H,1-3,5-6H2. The molecule has 0 atom stereocenters. The van der Waals surface area contributed by atoms with Crippen LogP contribution in [0.4, 0.5) is 13.2 Å². The van der Waals surface area contributed by atoms with Crippen LogP contribution in [0.1, 0.15) is 17.1 Å². The van der Waals surface area contributed by atoms with Crippen LogP contribution in [0.15, 0.2) is 6.20 Å². The van der Waals surface area contributed by atoms with Crippen LogP contribution in [-0.4, -0.2) is 29.3 Å². The van der Waals surface area contributed by atoms with Crippen LogP contribution in [0, 0.1) is 0 Å². The molecule has 0 bridgehead atoms. The van der Waals surface area contributed by atoms with Gasteiger partial charge in [-0.25, -0.2) is 9.97 Å². The van der Waals surface area contributed by atoms with E-state index in [9.17, 15) is 13.2 Å². The highest BCUT2D eigenvalue weighted by atomic mass is 19.4. The molecule has 0 spiro atoms. The summed E-state index contributed by atoms with van der Waals surface area (Å²) in [6.07, 6.45) is -1.90. The van der Waals surface area contributed by atoms with Gasteiger partial charge in [0.15, 0.2) is 5.82 Å². The van der Waals surface area contributed by atoms with Crippen LogP contribution in [0.5, 0.6) is 0 Å². The molecule has 0 fully saturated rings. The fourth-order valence-corrected chi connectivity index (χ4v) is 1.60. The van der Waals surface area contributed by atoms with E-state index >= 15 is 0 Å². The van der Waals surface area contributed by atoms with Crippen LogP contribution in [0.3, 0.4) is 0 Å². The molecule has 0 amide bonds. The molecule has 7 heteroatoms. The first kappa shape index (κ1) is 12.3. The first-order valence-electron chi connectivity index (χ1n) is 5.23. The Bertz CT molecular complexity index is 395. The molecule has 4 nitrogen and oxygen atoms in total. The highest BCUT2D eigenvalue weighted by Gasteiger charge is 2.27. The van der Waals surface area contributed by atoms with Crippen LogP contribution in [-0.2, 0) is 24.3 Å². The van der Waals surface area contributed by atoms with Crippen molar-refractivity contribution in [3.8, 4) is 0 Å². The van der Waals surface area contributed by atoms with Crippen LogP contribution < -0.4 is 5.32 Å². The minimum Gasteiger partial charge on any atom is -0.364 e. The number of alkyl halides is 3. The van der Waals surface area contributed by atoms with Crippen LogP contribution >= 0.6 is 0 Å². The van der Waals surface area contributed by atoms with Gasteiger partial charge in [-0.3, -0.25) is 0 Å². The van der Waals surface area contributed by atoms with Gasteiger partial charge in [0.25, 0.3) is 0 Å². The Balaban J connectivity index is 1.93. The summed E-state index contributed by atoms with van der Waals surface area (Å²) in [6.45, 7) is 0.0566. The molecule has 94 valence electrons. The molecule has 17 heavy (non-hydrogen) atoms. The Morgan fingerprint density at radius 3 is 3.00 bits per heavy atom. The number of nitrogens with one attached hydrogen (secondary N) is 1. The van der Waals surface area contributed by atoms with Crippen LogP contribution in [0.25, 0.3) is 0 Å². The Morgan fingerprint density at radius 1 is 1.41 bits per heavy atom. The van der Waals surface area contributed by atoms with Gasteiger partial charge in [0.05, 0.1) is 0 Å². The van der Waals surface area contributed by atoms with Crippen molar-refractivity contribution in [2.45, 2.75) is 25.7 Å². The predicted molar refractivity (Wildman–Crippen MR) is 53.2 cm³/mol. The summed E-state index contributed by atoms with van der Waals surface area (Å²) in [5.74, 6) is 0.301. The molecule has 0 aliphatic carbocycles. The molecule has 0 saturated carbocycles. The number of fused-ring (bicyclic) bond motifs is 1. The summed E-state index contributed by atoms with van der Waals surface area (Å²) in [5.41, 5.74) is 1.89. The normalized spacial score (nSPS) is 15.7. The molecule has 2 heterocycles. The minimum absolute atomic E-state index is 0.208. The molecule has 1 N–H and O–H groups in total. The Hall–Kier alpha value is -1.21. The van der Waals surface area contributed by atoms with E-state index in [1.807, 2.05) is 0 Å². The summed E-state index contributed by atoms with van der Waals surface area (Å²) in [6, 6.07) is 0. The smallest absolute Gasteiger partial charge is 0.364 e. The largest absolute Gasteiger partial charge is 0.411 e. The summed E-state index contributed by atoms with van der Waals surface area (Å²) in [5, 5.41) is 3.16. The molecule has 1 aliphatic rings. The third-order valence-electron chi connectivity index (χ3n) is 2.36. The highest BCUT2D eigenvalue weighted by molar-refractivity contribution is 5.20. The van der Waals surface area contributed by atoms with E-state index in [0.717, 1.165) is 24.2 Å². The van der Waals surface area contributed by atoms with Gasteiger partial charge in [-0.1, -0.05) is 0 Å². The zero-order chi connectivity index (χ0) is 12.3. The lowest BCUT2D eigenvalue weighted by atomic mass is 10.1. The van der Waals surface area contributed by atoms with E-state index in [4.69, 9.17) is 0 Å². The van der Waals surface area contributed by atoms with Gasteiger partial charge >= 0.3 is 6.18 Å². The van der Waals surface area contributed by atoms with E-state index in [2.05, 4.69) is 20.0 Å². The lowest BCUT2D eigenvalue weighted by Crippen LogP contribution is -2.25. The minimum atomic E-state index is -4.31. The fraction of sp³-hybridized carbons (Fsp3) is 0.600. The number of ether oxygens (including phenoxy) is 1. The summed E-state index contributed by atoms with van der Waals surface area (Å²) >= 11 is 0. The molecule has 1 aromatic heterocycles. The van der Waals surface area contributed by atoms with Crippen molar-refractivity contribution in [3.05, 3.63) is 23.3 Å². The Kier molecular flexibility index (Phi) is 3.58. The van der Waals surface area contributed by atoms with Crippen molar-refractivity contribution < 1.29 is 17.9 Å².